The van der Waals surface area contributed by atoms with Gasteiger partial charge in [-0.1, -0.05) is 12.1 Å². The molecular weight excluding hydrogens is 166 g/mol. The minimum Gasteiger partial charge on any atom is -0.392 e. The SMILES string of the molecule is CC(=O)Nc1ccc(CO)cc1C. The molecule has 0 heterocycles. The summed E-state index contributed by atoms with van der Waals surface area (Å²) in [6.45, 7) is 3.39. The summed E-state index contributed by atoms with van der Waals surface area (Å²) in [6.07, 6.45) is 0. The number of aliphatic hydroxyl groups excluding tert-OH is 1. The topological polar surface area (TPSA) is 49.3 Å². The molecule has 0 aromatic heterocycles. The lowest BCUT2D eigenvalue weighted by Crippen LogP contribution is -2.07. The molecule has 0 spiro atoms. The number of hydrogen-bond donors (Lipinski definition) is 2. The molecular formula is C10H13NO2. The minimum atomic E-state index is -0.0835. The fourth-order valence-electron chi connectivity index (χ4n) is 1.15. The van der Waals surface area contributed by atoms with E-state index in [9.17, 15) is 4.79 Å². The average molecular weight is 179 g/mol. The van der Waals surface area contributed by atoms with Gasteiger partial charge in [-0.3, -0.25) is 4.79 Å². The number of hydrogen-bond acceptors (Lipinski definition) is 2. The van der Waals surface area contributed by atoms with Crippen LogP contribution in [0.1, 0.15) is 18.1 Å². The molecule has 1 amide bonds. The summed E-state index contributed by atoms with van der Waals surface area (Å²) < 4.78 is 0. The van der Waals surface area contributed by atoms with Crippen molar-refractivity contribution in [1.82, 2.24) is 0 Å². The Bertz CT molecular complexity index is 321. The van der Waals surface area contributed by atoms with Crippen LogP contribution in [-0.4, -0.2) is 11.0 Å². The van der Waals surface area contributed by atoms with Crippen LogP contribution >= 0.6 is 0 Å². The van der Waals surface area contributed by atoms with Crippen LogP contribution in [-0.2, 0) is 11.4 Å². The third-order valence-corrected chi connectivity index (χ3v) is 1.78. The molecule has 3 heteroatoms. The fourth-order valence-corrected chi connectivity index (χ4v) is 1.15. The summed E-state index contributed by atoms with van der Waals surface area (Å²) in [4.78, 5) is 10.8. The van der Waals surface area contributed by atoms with Crippen LogP contribution in [0.4, 0.5) is 5.69 Å². The smallest absolute Gasteiger partial charge is 0.221 e. The van der Waals surface area contributed by atoms with Gasteiger partial charge in [0.2, 0.25) is 5.91 Å². The third-order valence-electron chi connectivity index (χ3n) is 1.78. The van der Waals surface area contributed by atoms with Gasteiger partial charge in [0.1, 0.15) is 0 Å². The summed E-state index contributed by atoms with van der Waals surface area (Å²) >= 11 is 0. The van der Waals surface area contributed by atoms with Crippen molar-refractivity contribution >= 4 is 11.6 Å². The molecule has 70 valence electrons. The van der Waals surface area contributed by atoms with Crippen molar-refractivity contribution in [2.75, 3.05) is 5.32 Å². The minimum absolute atomic E-state index is 0.0290. The van der Waals surface area contributed by atoms with Crippen LogP contribution in [0.15, 0.2) is 18.2 Å². The zero-order valence-electron chi connectivity index (χ0n) is 7.79. The quantitative estimate of drug-likeness (QED) is 0.721. The highest BCUT2D eigenvalue weighted by atomic mass is 16.3. The van der Waals surface area contributed by atoms with Crippen LogP contribution in [0, 0.1) is 6.92 Å². The number of benzene rings is 1. The van der Waals surface area contributed by atoms with Gasteiger partial charge in [0.05, 0.1) is 6.61 Å². The molecule has 13 heavy (non-hydrogen) atoms. The van der Waals surface area contributed by atoms with E-state index in [0.29, 0.717) is 0 Å². The van der Waals surface area contributed by atoms with E-state index >= 15 is 0 Å². The molecule has 1 aromatic carbocycles. The Labute approximate surface area is 77.4 Å². The van der Waals surface area contributed by atoms with Crippen LogP contribution in [0.5, 0.6) is 0 Å². The van der Waals surface area contributed by atoms with E-state index in [1.165, 1.54) is 6.92 Å². The molecule has 0 atom stereocenters. The van der Waals surface area contributed by atoms with Gasteiger partial charge in [0, 0.05) is 12.6 Å². The second kappa shape index (κ2) is 4.05. The van der Waals surface area contributed by atoms with Gasteiger partial charge in [0.15, 0.2) is 0 Å². The number of aryl methyl sites for hydroxylation is 1. The maximum Gasteiger partial charge on any atom is 0.221 e. The lowest BCUT2D eigenvalue weighted by atomic mass is 10.1. The molecule has 3 nitrogen and oxygen atoms in total. The Morgan fingerprint density at radius 3 is 2.69 bits per heavy atom. The normalized spacial score (nSPS) is 9.77. The summed E-state index contributed by atoms with van der Waals surface area (Å²) in [6, 6.07) is 5.44. The van der Waals surface area contributed by atoms with Crippen LogP contribution in [0.2, 0.25) is 0 Å². The molecule has 0 aliphatic heterocycles. The van der Waals surface area contributed by atoms with Crippen LogP contribution in [0.25, 0.3) is 0 Å². The van der Waals surface area contributed by atoms with Crippen LogP contribution in [0.3, 0.4) is 0 Å². The van der Waals surface area contributed by atoms with Gasteiger partial charge in [-0.15, -0.1) is 0 Å². The lowest BCUT2D eigenvalue weighted by molar-refractivity contribution is -0.114. The predicted octanol–water partition coefficient (Wildman–Crippen LogP) is 1.45. The van der Waals surface area contributed by atoms with E-state index in [1.54, 1.807) is 12.1 Å². The molecule has 0 saturated carbocycles. The van der Waals surface area contributed by atoms with Crippen molar-refractivity contribution in [3.05, 3.63) is 29.3 Å². The van der Waals surface area contributed by atoms with Gasteiger partial charge >= 0.3 is 0 Å². The predicted molar refractivity (Wildman–Crippen MR) is 51.4 cm³/mol. The lowest BCUT2D eigenvalue weighted by Gasteiger charge is -2.07. The molecule has 0 bridgehead atoms. The second-order valence-corrected chi connectivity index (χ2v) is 2.99. The number of nitrogens with one attached hydrogen (secondary N) is 1. The Hall–Kier alpha value is -1.35. The van der Waals surface area contributed by atoms with E-state index in [-0.39, 0.29) is 12.5 Å². The maximum atomic E-state index is 10.8. The van der Waals surface area contributed by atoms with E-state index < -0.39 is 0 Å². The number of carbonyl (C=O) groups excluding carboxylic acids is 1. The van der Waals surface area contributed by atoms with E-state index in [2.05, 4.69) is 5.32 Å². The van der Waals surface area contributed by atoms with Crippen molar-refractivity contribution in [2.45, 2.75) is 20.5 Å². The van der Waals surface area contributed by atoms with Crippen molar-refractivity contribution in [3.8, 4) is 0 Å². The molecule has 1 aromatic rings. The first kappa shape index (κ1) is 9.74. The molecule has 2 N–H and O–H groups in total. The maximum absolute atomic E-state index is 10.8. The third kappa shape index (κ3) is 2.56. The summed E-state index contributed by atoms with van der Waals surface area (Å²) in [5.41, 5.74) is 2.61. The van der Waals surface area contributed by atoms with Crippen molar-refractivity contribution in [2.24, 2.45) is 0 Å². The zero-order chi connectivity index (χ0) is 9.84. The highest BCUT2D eigenvalue weighted by Gasteiger charge is 2.00. The van der Waals surface area contributed by atoms with Gasteiger partial charge in [-0.05, 0) is 24.1 Å². The van der Waals surface area contributed by atoms with Gasteiger partial charge in [-0.2, -0.15) is 0 Å². The van der Waals surface area contributed by atoms with E-state index in [4.69, 9.17) is 5.11 Å². The van der Waals surface area contributed by atoms with E-state index in [1.807, 2.05) is 13.0 Å². The van der Waals surface area contributed by atoms with Crippen molar-refractivity contribution < 1.29 is 9.90 Å². The molecule has 0 fully saturated rings. The molecule has 0 aliphatic carbocycles. The fraction of sp³-hybridized carbons (Fsp3) is 0.300. The van der Waals surface area contributed by atoms with Crippen molar-refractivity contribution in [3.63, 3.8) is 0 Å². The Balaban J connectivity index is 2.91. The first-order valence-electron chi connectivity index (χ1n) is 4.11. The highest BCUT2D eigenvalue weighted by Crippen LogP contribution is 2.16. The molecule has 0 saturated heterocycles. The number of amides is 1. The number of rotatable bonds is 2. The summed E-state index contributed by atoms with van der Waals surface area (Å²) in [7, 11) is 0. The first-order valence-corrected chi connectivity index (χ1v) is 4.11. The second-order valence-electron chi connectivity index (χ2n) is 2.99. The highest BCUT2D eigenvalue weighted by molar-refractivity contribution is 5.89. The largest absolute Gasteiger partial charge is 0.392 e. The molecule has 0 aliphatic rings. The summed E-state index contributed by atoms with van der Waals surface area (Å²) in [5, 5.41) is 11.6. The molecule has 1 rings (SSSR count). The zero-order valence-corrected chi connectivity index (χ0v) is 7.79. The Morgan fingerprint density at radius 2 is 2.23 bits per heavy atom. The van der Waals surface area contributed by atoms with Gasteiger partial charge < -0.3 is 10.4 Å². The molecule has 0 unspecified atom stereocenters. The summed E-state index contributed by atoms with van der Waals surface area (Å²) in [5.74, 6) is -0.0835. The first-order chi connectivity index (χ1) is 6.13. The Morgan fingerprint density at radius 1 is 1.54 bits per heavy atom. The Kier molecular flexibility index (Phi) is 3.03. The van der Waals surface area contributed by atoms with Gasteiger partial charge in [-0.25, -0.2) is 0 Å². The standard InChI is InChI=1S/C10H13NO2/c1-7-5-9(6-12)3-4-10(7)11-8(2)13/h3-5,12H,6H2,1-2H3,(H,11,13). The average Bonchev–Trinajstić information content (AvgIpc) is 2.08. The van der Waals surface area contributed by atoms with Gasteiger partial charge in [0.25, 0.3) is 0 Å². The number of anilines is 1. The van der Waals surface area contributed by atoms with Crippen LogP contribution < -0.4 is 5.32 Å². The van der Waals surface area contributed by atoms with E-state index in [0.717, 1.165) is 16.8 Å². The molecule has 0 radical (unpaired) electrons. The number of aliphatic hydroxyl groups is 1. The van der Waals surface area contributed by atoms with Crippen molar-refractivity contribution in [1.29, 1.82) is 0 Å². The monoisotopic (exact) mass is 179 g/mol. The number of carbonyl (C=O) groups is 1.